The van der Waals surface area contributed by atoms with Crippen molar-refractivity contribution >= 4 is 21.6 Å². The van der Waals surface area contributed by atoms with Crippen LogP contribution >= 0.6 is 0 Å². The molecule has 2 heterocycles. The van der Waals surface area contributed by atoms with Gasteiger partial charge in [0.25, 0.3) is 0 Å². The van der Waals surface area contributed by atoms with Gasteiger partial charge in [0.2, 0.25) is 0 Å². The van der Waals surface area contributed by atoms with Crippen LogP contribution in [0.15, 0.2) is 5.16 Å². The van der Waals surface area contributed by atoms with Crippen LogP contribution in [0.3, 0.4) is 0 Å². The molecule has 0 amide bonds. The summed E-state index contributed by atoms with van der Waals surface area (Å²) in [6.07, 6.45) is 6.76. The summed E-state index contributed by atoms with van der Waals surface area (Å²) in [6, 6.07) is 0.925. The molecule has 0 spiro atoms. The Balaban J connectivity index is 1.42. The van der Waals surface area contributed by atoms with Gasteiger partial charge in [-0.3, -0.25) is 14.0 Å². The first-order valence-electron chi connectivity index (χ1n) is 8.59. The van der Waals surface area contributed by atoms with Crippen LogP contribution in [0, 0.1) is 11.3 Å². The molecule has 0 aromatic carbocycles. The van der Waals surface area contributed by atoms with E-state index in [0.717, 1.165) is 37.8 Å². The molecular formula is C16H24N2O4S. The summed E-state index contributed by atoms with van der Waals surface area (Å²) in [6.45, 7) is 0. The summed E-state index contributed by atoms with van der Waals surface area (Å²) in [5.74, 6) is 0.290. The van der Waals surface area contributed by atoms with E-state index in [1.165, 1.54) is 0 Å². The molecule has 2 saturated carbocycles. The quantitative estimate of drug-likeness (QED) is 0.728. The van der Waals surface area contributed by atoms with Gasteiger partial charge in [0.15, 0.2) is 0 Å². The van der Waals surface area contributed by atoms with E-state index in [2.05, 4.69) is 17.1 Å². The van der Waals surface area contributed by atoms with Crippen molar-refractivity contribution in [3.8, 4) is 0 Å². The lowest BCUT2D eigenvalue weighted by atomic mass is 9.85. The standard InChI is InChI=1S/C16H24N2O4S/c1-18-13-2-3-14(18)8-12(7-13)17-22-23(20,21)10-16-5-4-11(9-16)6-15(16)19/h11,13-14H,2-10H2,1H3. The number of nitrogens with zero attached hydrogens (tertiary/aromatic N) is 2. The molecule has 4 unspecified atom stereocenters. The highest BCUT2D eigenvalue weighted by molar-refractivity contribution is 7.86. The van der Waals surface area contributed by atoms with E-state index < -0.39 is 15.5 Å². The zero-order valence-corrected chi connectivity index (χ0v) is 14.3. The third-order valence-corrected chi connectivity index (χ3v) is 7.64. The van der Waals surface area contributed by atoms with E-state index in [1.807, 2.05) is 0 Å². The van der Waals surface area contributed by atoms with E-state index in [-0.39, 0.29) is 11.5 Å². The summed E-state index contributed by atoms with van der Waals surface area (Å²) in [4.78, 5) is 14.5. The van der Waals surface area contributed by atoms with Crippen LogP contribution in [0.2, 0.25) is 0 Å². The van der Waals surface area contributed by atoms with Gasteiger partial charge in [-0.25, -0.2) is 0 Å². The Hall–Kier alpha value is -0.950. The molecule has 4 rings (SSSR count). The minimum Gasteiger partial charge on any atom is -0.300 e. The van der Waals surface area contributed by atoms with Gasteiger partial charge in [0.1, 0.15) is 11.5 Å². The highest BCUT2D eigenvalue weighted by Gasteiger charge is 2.54. The van der Waals surface area contributed by atoms with E-state index in [4.69, 9.17) is 4.28 Å². The lowest BCUT2D eigenvalue weighted by Gasteiger charge is -2.31. The van der Waals surface area contributed by atoms with Gasteiger partial charge in [0.05, 0.1) is 5.71 Å². The van der Waals surface area contributed by atoms with Crippen molar-refractivity contribution in [2.24, 2.45) is 16.5 Å². The molecule has 7 heteroatoms. The molecule has 0 aromatic heterocycles. The second kappa shape index (κ2) is 5.28. The maximum Gasteiger partial charge on any atom is 0.329 e. The number of fused-ring (bicyclic) bond motifs is 4. The zero-order chi connectivity index (χ0) is 16.2. The van der Waals surface area contributed by atoms with Gasteiger partial charge in [0, 0.05) is 36.8 Å². The molecule has 23 heavy (non-hydrogen) atoms. The van der Waals surface area contributed by atoms with Crippen molar-refractivity contribution in [3.63, 3.8) is 0 Å². The van der Waals surface area contributed by atoms with Crippen molar-refractivity contribution < 1.29 is 17.5 Å². The molecule has 128 valence electrons. The summed E-state index contributed by atoms with van der Waals surface area (Å²) >= 11 is 0. The van der Waals surface area contributed by atoms with Crippen LogP contribution in [0.25, 0.3) is 0 Å². The number of oxime groups is 1. The normalized spacial score (nSPS) is 40.0. The SMILES string of the molecule is CN1C2CCC1CC(=NOS(=O)(=O)CC13CCC(CC1=O)C3)C2. The molecule has 4 atom stereocenters. The Labute approximate surface area is 137 Å². The fourth-order valence-electron chi connectivity index (χ4n) is 5.11. The van der Waals surface area contributed by atoms with Crippen LogP contribution in [-0.2, 0) is 19.2 Å². The Morgan fingerprint density at radius 2 is 1.91 bits per heavy atom. The predicted octanol–water partition coefficient (Wildman–Crippen LogP) is 1.70. The van der Waals surface area contributed by atoms with Crippen LogP contribution in [0.5, 0.6) is 0 Å². The average Bonchev–Trinajstić information content (AvgIpc) is 3.05. The monoisotopic (exact) mass is 340 g/mol. The maximum atomic E-state index is 12.3. The van der Waals surface area contributed by atoms with Gasteiger partial charge in [-0.1, -0.05) is 5.16 Å². The molecule has 2 saturated heterocycles. The number of hydrogen-bond acceptors (Lipinski definition) is 6. The lowest BCUT2D eigenvalue weighted by Crippen LogP contribution is -2.40. The third-order valence-electron chi connectivity index (χ3n) is 6.44. The smallest absolute Gasteiger partial charge is 0.300 e. The maximum absolute atomic E-state index is 12.3. The predicted molar refractivity (Wildman–Crippen MR) is 85.5 cm³/mol. The molecule has 2 aliphatic carbocycles. The molecular weight excluding hydrogens is 316 g/mol. The van der Waals surface area contributed by atoms with Gasteiger partial charge in [-0.2, -0.15) is 8.42 Å². The number of carbonyl (C=O) groups is 1. The number of piperidine rings is 1. The molecule has 6 nitrogen and oxygen atoms in total. The first-order valence-corrected chi connectivity index (χ1v) is 10.2. The third kappa shape index (κ3) is 2.71. The summed E-state index contributed by atoms with van der Waals surface area (Å²) in [5.41, 5.74) is 0.161. The summed E-state index contributed by atoms with van der Waals surface area (Å²) < 4.78 is 29.6. The molecule has 0 radical (unpaired) electrons. The summed E-state index contributed by atoms with van der Waals surface area (Å²) in [5, 5.41) is 3.97. The second-order valence-electron chi connectivity index (χ2n) is 7.91. The number of ketones is 1. The first kappa shape index (κ1) is 15.6. The van der Waals surface area contributed by atoms with Crippen molar-refractivity contribution in [2.75, 3.05) is 12.8 Å². The molecule has 2 aliphatic heterocycles. The lowest BCUT2D eigenvalue weighted by molar-refractivity contribution is -0.125. The fourth-order valence-corrected chi connectivity index (χ4v) is 6.48. The average molecular weight is 340 g/mol. The van der Waals surface area contributed by atoms with E-state index in [0.29, 0.717) is 37.3 Å². The number of Topliss-reactive ketones (excluding diaryl/α,β-unsaturated/α-hetero) is 1. The van der Waals surface area contributed by atoms with E-state index >= 15 is 0 Å². The minimum absolute atomic E-state index is 0.103. The minimum atomic E-state index is -3.79. The number of hydrogen-bond donors (Lipinski definition) is 0. The highest BCUT2D eigenvalue weighted by Crippen LogP contribution is 2.52. The van der Waals surface area contributed by atoms with Crippen molar-refractivity contribution in [3.05, 3.63) is 0 Å². The van der Waals surface area contributed by atoms with Crippen molar-refractivity contribution in [1.29, 1.82) is 0 Å². The van der Waals surface area contributed by atoms with Gasteiger partial charge in [-0.05, 0) is 45.1 Å². The highest BCUT2D eigenvalue weighted by atomic mass is 32.2. The molecule has 0 N–H and O–H groups in total. The van der Waals surface area contributed by atoms with Crippen LogP contribution in [-0.4, -0.2) is 49.7 Å². The second-order valence-corrected chi connectivity index (χ2v) is 9.46. The summed E-state index contributed by atoms with van der Waals surface area (Å²) in [7, 11) is -1.67. The zero-order valence-electron chi connectivity index (χ0n) is 13.5. The largest absolute Gasteiger partial charge is 0.329 e. The Bertz CT molecular complexity index is 643. The van der Waals surface area contributed by atoms with E-state index in [9.17, 15) is 13.2 Å². The van der Waals surface area contributed by atoms with Crippen molar-refractivity contribution in [1.82, 2.24) is 4.90 Å². The van der Waals surface area contributed by atoms with Gasteiger partial charge < -0.3 is 0 Å². The van der Waals surface area contributed by atoms with Crippen LogP contribution < -0.4 is 0 Å². The Morgan fingerprint density at radius 3 is 2.48 bits per heavy atom. The number of carbonyl (C=O) groups excluding carboxylic acids is 1. The van der Waals surface area contributed by atoms with Crippen molar-refractivity contribution in [2.45, 2.75) is 63.5 Å². The van der Waals surface area contributed by atoms with Crippen LogP contribution in [0.1, 0.15) is 51.4 Å². The fraction of sp³-hybridized carbons (Fsp3) is 0.875. The Morgan fingerprint density at radius 1 is 1.22 bits per heavy atom. The number of rotatable bonds is 4. The Kier molecular flexibility index (Phi) is 3.57. The molecule has 4 fully saturated rings. The van der Waals surface area contributed by atoms with Crippen LogP contribution in [0.4, 0.5) is 0 Å². The molecule has 4 bridgehead atoms. The first-order chi connectivity index (χ1) is 10.9. The molecule has 0 aromatic rings. The molecule has 4 aliphatic rings. The van der Waals surface area contributed by atoms with Gasteiger partial charge >= 0.3 is 10.1 Å². The van der Waals surface area contributed by atoms with Gasteiger partial charge in [-0.15, -0.1) is 0 Å². The topological polar surface area (TPSA) is 76.0 Å². The van der Waals surface area contributed by atoms with E-state index in [1.54, 1.807) is 0 Å².